The predicted molar refractivity (Wildman–Crippen MR) is 94.1 cm³/mol. The van der Waals surface area contributed by atoms with E-state index in [2.05, 4.69) is 5.32 Å². The van der Waals surface area contributed by atoms with Gasteiger partial charge in [0.05, 0.1) is 5.60 Å². The van der Waals surface area contributed by atoms with E-state index in [4.69, 9.17) is 0 Å². The van der Waals surface area contributed by atoms with E-state index in [0.29, 0.717) is 16.8 Å². The summed E-state index contributed by atoms with van der Waals surface area (Å²) in [5.74, 6) is -0.383. The number of hydrogen-bond acceptors (Lipinski definition) is 3. The third-order valence-corrected chi connectivity index (χ3v) is 3.40. The minimum absolute atomic E-state index is 0.182. The third kappa shape index (κ3) is 4.93. The van der Waals surface area contributed by atoms with Gasteiger partial charge in [0.25, 0.3) is 11.8 Å². The second-order valence-corrected chi connectivity index (χ2v) is 6.37. The first-order valence-electron chi connectivity index (χ1n) is 7.70. The molecule has 0 aliphatic heterocycles. The molecule has 2 rings (SSSR count). The summed E-state index contributed by atoms with van der Waals surface area (Å²) in [5, 5.41) is 12.6. The van der Waals surface area contributed by atoms with Crippen LogP contribution in [0.1, 0.15) is 34.6 Å². The molecule has 0 saturated carbocycles. The van der Waals surface area contributed by atoms with Crippen LogP contribution >= 0.6 is 0 Å². The van der Waals surface area contributed by atoms with E-state index < -0.39 is 5.60 Å². The van der Waals surface area contributed by atoms with Crippen molar-refractivity contribution in [2.24, 2.45) is 0 Å². The van der Waals surface area contributed by atoms with Crippen LogP contribution in [-0.2, 0) is 0 Å². The Hall–Kier alpha value is -2.66. The second kappa shape index (κ2) is 7.27. The van der Waals surface area contributed by atoms with Gasteiger partial charge < -0.3 is 15.3 Å². The average molecular weight is 326 g/mol. The normalized spacial score (nSPS) is 11.0. The van der Waals surface area contributed by atoms with E-state index in [0.717, 1.165) is 0 Å². The Kier molecular flexibility index (Phi) is 5.36. The van der Waals surface area contributed by atoms with Crippen LogP contribution in [0.25, 0.3) is 0 Å². The lowest BCUT2D eigenvalue weighted by atomic mass is 10.1. The molecule has 0 aliphatic carbocycles. The van der Waals surface area contributed by atoms with E-state index in [1.807, 2.05) is 6.07 Å². The van der Waals surface area contributed by atoms with E-state index in [9.17, 15) is 14.7 Å². The number of carbonyl (C=O) groups excluding carboxylic acids is 2. The van der Waals surface area contributed by atoms with Crippen LogP contribution in [0.15, 0.2) is 54.6 Å². The summed E-state index contributed by atoms with van der Waals surface area (Å²) in [7, 11) is 1.64. The first-order valence-corrected chi connectivity index (χ1v) is 7.70. The van der Waals surface area contributed by atoms with Crippen LogP contribution in [0.2, 0.25) is 0 Å². The molecule has 0 bridgehead atoms. The van der Waals surface area contributed by atoms with Gasteiger partial charge in [-0.25, -0.2) is 0 Å². The maximum absolute atomic E-state index is 12.3. The number of nitrogens with one attached hydrogen (secondary N) is 1. The Morgan fingerprint density at radius 2 is 1.58 bits per heavy atom. The minimum atomic E-state index is -0.950. The number of amides is 2. The van der Waals surface area contributed by atoms with Crippen molar-refractivity contribution in [2.75, 3.05) is 18.9 Å². The van der Waals surface area contributed by atoms with Gasteiger partial charge in [0, 0.05) is 30.4 Å². The first kappa shape index (κ1) is 17.7. The lowest BCUT2D eigenvalue weighted by molar-refractivity contribution is 0.0368. The Labute approximate surface area is 141 Å². The fourth-order valence-corrected chi connectivity index (χ4v) is 2.36. The fraction of sp³-hybridized carbons (Fsp3) is 0.263. The van der Waals surface area contributed by atoms with Gasteiger partial charge in [-0.05, 0) is 50.2 Å². The number of likely N-dealkylation sites (N-methyl/N-ethyl adjacent to an activating group) is 1. The van der Waals surface area contributed by atoms with Crippen LogP contribution in [0, 0.1) is 0 Å². The lowest BCUT2D eigenvalue weighted by Crippen LogP contribution is -2.39. The number of aliphatic hydroxyl groups is 1. The fourth-order valence-electron chi connectivity index (χ4n) is 2.36. The van der Waals surface area contributed by atoms with Crippen LogP contribution in [-0.4, -0.2) is 41.0 Å². The summed E-state index contributed by atoms with van der Waals surface area (Å²) in [6.07, 6.45) is 0. The summed E-state index contributed by atoms with van der Waals surface area (Å²) in [6.45, 7) is 3.54. The summed E-state index contributed by atoms with van der Waals surface area (Å²) >= 11 is 0. The standard InChI is InChI=1S/C19H22N2O3/c1-19(2,24)13-21(3)18(23)15-9-11-16(12-10-15)20-17(22)14-7-5-4-6-8-14/h4-12,24H,13H2,1-3H3,(H,20,22). The highest BCUT2D eigenvalue weighted by atomic mass is 16.3. The van der Waals surface area contributed by atoms with Crippen molar-refractivity contribution in [2.45, 2.75) is 19.4 Å². The maximum Gasteiger partial charge on any atom is 0.255 e. The summed E-state index contributed by atoms with van der Waals surface area (Å²) in [5.41, 5.74) is 0.737. The van der Waals surface area contributed by atoms with Crippen LogP contribution in [0.3, 0.4) is 0 Å². The van der Waals surface area contributed by atoms with Crippen molar-refractivity contribution in [3.63, 3.8) is 0 Å². The highest BCUT2D eigenvalue weighted by Crippen LogP contribution is 2.14. The van der Waals surface area contributed by atoms with Gasteiger partial charge in [0.2, 0.25) is 0 Å². The molecule has 5 heteroatoms. The predicted octanol–water partition coefficient (Wildman–Crippen LogP) is 2.78. The number of rotatable bonds is 5. The summed E-state index contributed by atoms with van der Waals surface area (Å²) in [4.78, 5) is 25.9. The quantitative estimate of drug-likeness (QED) is 0.887. The van der Waals surface area contributed by atoms with Crippen molar-refractivity contribution < 1.29 is 14.7 Å². The van der Waals surface area contributed by atoms with Gasteiger partial charge in [-0.1, -0.05) is 18.2 Å². The molecular weight excluding hydrogens is 304 g/mol. The van der Waals surface area contributed by atoms with Crippen molar-refractivity contribution in [3.05, 3.63) is 65.7 Å². The molecule has 0 radical (unpaired) electrons. The van der Waals surface area contributed by atoms with Crippen LogP contribution in [0.5, 0.6) is 0 Å². The van der Waals surface area contributed by atoms with Gasteiger partial charge in [-0.15, -0.1) is 0 Å². The van der Waals surface area contributed by atoms with Crippen LogP contribution < -0.4 is 5.32 Å². The van der Waals surface area contributed by atoms with Crippen LogP contribution in [0.4, 0.5) is 5.69 Å². The van der Waals surface area contributed by atoms with Gasteiger partial charge in [0.15, 0.2) is 0 Å². The topological polar surface area (TPSA) is 69.6 Å². The molecular formula is C19H22N2O3. The summed E-state index contributed by atoms with van der Waals surface area (Å²) in [6, 6.07) is 15.6. The average Bonchev–Trinajstić information content (AvgIpc) is 2.54. The van der Waals surface area contributed by atoms with Crippen molar-refractivity contribution in [1.82, 2.24) is 4.90 Å². The first-order chi connectivity index (χ1) is 11.3. The van der Waals surface area contributed by atoms with Gasteiger partial charge >= 0.3 is 0 Å². The largest absolute Gasteiger partial charge is 0.389 e. The SMILES string of the molecule is CN(CC(C)(C)O)C(=O)c1ccc(NC(=O)c2ccccc2)cc1. The monoisotopic (exact) mass is 326 g/mol. The molecule has 0 aliphatic rings. The zero-order chi connectivity index (χ0) is 17.7. The molecule has 126 valence electrons. The molecule has 0 fully saturated rings. The molecule has 0 atom stereocenters. The molecule has 0 saturated heterocycles. The third-order valence-electron chi connectivity index (χ3n) is 3.40. The molecule has 0 aromatic heterocycles. The Balaban J connectivity index is 2.03. The molecule has 2 N–H and O–H groups in total. The van der Waals surface area contributed by atoms with Gasteiger partial charge in [-0.2, -0.15) is 0 Å². The highest BCUT2D eigenvalue weighted by Gasteiger charge is 2.20. The number of benzene rings is 2. The molecule has 2 aromatic rings. The molecule has 5 nitrogen and oxygen atoms in total. The number of hydrogen-bond donors (Lipinski definition) is 2. The van der Waals surface area contributed by atoms with E-state index in [1.165, 1.54) is 4.90 Å². The molecule has 2 amide bonds. The zero-order valence-corrected chi connectivity index (χ0v) is 14.1. The Morgan fingerprint density at radius 3 is 2.12 bits per heavy atom. The molecule has 24 heavy (non-hydrogen) atoms. The smallest absolute Gasteiger partial charge is 0.255 e. The Bertz CT molecular complexity index is 704. The Morgan fingerprint density at radius 1 is 1.00 bits per heavy atom. The highest BCUT2D eigenvalue weighted by molar-refractivity contribution is 6.04. The number of nitrogens with zero attached hydrogens (tertiary/aromatic N) is 1. The van der Waals surface area contributed by atoms with E-state index in [1.54, 1.807) is 69.4 Å². The molecule has 0 unspecified atom stereocenters. The number of anilines is 1. The minimum Gasteiger partial charge on any atom is -0.389 e. The van der Waals surface area contributed by atoms with Crippen molar-refractivity contribution >= 4 is 17.5 Å². The van der Waals surface area contributed by atoms with E-state index in [-0.39, 0.29) is 18.4 Å². The molecule has 0 heterocycles. The van der Waals surface area contributed by atoms with Gasteiger partial charge in [-0.3, -0.25) is 9.59 Å². The molecule has 2 aromatic carbocycles. The molecule has 0 spiro atoms. The lowest BCUT2D eigenvalue weighted by Gasteiger charge is -2.25. The van der Waals surface area contributed by atoms with E-state index >= 15 is 0 Å². The zero-order valence-electron chi connectivity index (χ0n) is 14.1. The van der Waals surface area contributed by atoms with Crippen molar-refractivity contribution in [1.29, 1.82) is 0 Å². The van der Waals surface area contributed by atoms with Crippen molar-refractivity contribution in [3.8, 4) is 0 Å². The van der Waals surface area contributed by atoms with Gasteiger partial charge in [0.1, 0.15) is 0 Å². The number of carbonyl (C=O) groups is 2. The second-order valence-electron chi connectivity index (χ2n) is 6.37. The summed E-state index contributed by atoms with van der Waals surface area (Å²) < 4.78 is 0. The maximum atomic E-state index is 12.3.